The number of ether oxygens (including phenoxy) is 2. The van der Waals surface area contributed by atoms with Gasteiger partial charge in [0.05, 0.1) is 12.3 Å². The Morgan fingerprint density at radius 1 is 1.22 bits per heavy atom. The SMILES string of the molecule is CCC[C@@H]1CC(=O)Oc2c(CC=C(C)C)c(O)c3c(c21)O[C@@H](C)[C@H](C)C3=O. The molecule has 0 fully saturated rings. The third-order valence-electron chi connectivity index (χ3n) is 5.57. The lowest BCUT2D eigenvalue weighted by atomic mass is 9.80. The van der Waals surface area contributed by atoms with Crippen LogP contribution in [0.25, 0.3) is 0 Å². The quantitative estimate of drug-likeness (QED) is 0.471. The standard InChI is InChI=1S/C22H28O5/c1-6-7-14-10-16(23)27-21-15(9-8-11(2)3)20(25)18-19(24)12(4)13(5)26-22(18)17(14)21/h8,12-14,25H,6-7,9-10H2,1-5H3/t12-,13-,14+/m0/s1. The van der Waals surface area contributed by atoms with E-state index in [4.69, 9.17) is 9.47 Å². The lowest BCUT2D eigenvalue weighted by Gasteiger charge is -2.35. The third-order valence-corrected chi connectivity index (χ3v) is 5.57. The summed E-state index contributed by atoms with van der Waals surface area (Å²) in [7, 11) is 0. The molecule has 27 heavy (non-hydrogen) atoms. The molecule has 5 heteroatoms. The van der Waals surface area contributed by atoms with Crippen molar-refractivity contribution in [2.45, 2.75) is 72.3 Å². The molecule has 0 aliphatic carbocycles. The van der Waals surface area contributed by atoms with Gasteiger partial charge in [0.2, 0.25) is 0 Å². The molecule has 2 aliphatic heterocycles. The first-order valence-corrected chi connectivity index (χ1v) is 9.72. The average molecular weight is 372 g/mol. The third kappa shape index (κ3) is 3.35. The lowest BCUT2D eigenvalue weighted by Crippen LogP contribution is -2.35. The molecule has 0 amide bonds. The maximum Gasteiger partial charge on any atom is 0.311 e. The summed E-state index contributed by atoms with van der Waals surface area (Å²) in [5, 5.41) is 11.0. The van der Waals surface area contributed by atoms with E-state index in [1.165, 1.54) is 0 Å². The number of Topliss-reactive ketones (excluding diaryl/α,β-unsaturated/α-hetero) is 1. The van der Waals surface area contributed by atoms with Crippen LogP contribution in [0, 0.1) is 5.92 Å². The fourth-order valence-corrected chi connectivity index (χ4v) is 3.88. The van der Waals surface area contributed by atoms with E-state index in [0.29, 0.717) is 23.5 Å². The molecular formula is C22H28O5. The van der Waals surface area contributed by atoms with E-state index >= 15 is 0 Å². The van der Waals surface area contributed by atoms with Gasteiger partial charge < -0.3 is 14.6 Å². The van der Waals surface area contributed by atoms with Gasteiger partial charge in [0.1, 0.15) is 28.9 Å². The molecule has 1 aromatic rings. The first-order chi connectivity index (χ1) is 12.8. The number of ketones is 1. The summed E-state index contributed by atoms with van der Waals surface area (Å²) in [6.07, 6.45) is 4.02. The molecule has 3 rings (SSSR count). The molecule has 146 valence electrons. The molecule has 3 atom stereocenters. The van der Waals surface area contributed by atoms with Crippen LogP contribution in [0.3, 0.4) is 0 Å². The van der Waals surface area contributed by atoms with Crippen LogP contribution >= 0.6 is 0 Å². The summed E-state index contributed by atoms with van der Waals surface area (Å²) in [4.78, 5) is 25.2. The molecule has 0 radical (unpaired) electrons. The van der Waals surface area contributed by atoms with E-state index in [9.17, 15) is 14.7 Å². The second-order valence-electron chi connectivity index (χ2n) is 7.90. The topological polar surface area (TPSA) is 72.8 Å². The number of phenolic OH excluding ortho intramolecular Hbond substituents is 1. The van der Waals surface area contributed by atoms with Gasteiger partial charge in [0.25, 0.3) is 0 Å². The molecule has 0 saturated heterocycles. The smallest absolute Gasteiger partial charge is 0.311 e. The van der Waals surface area contributed by atoms with Gasteiger partial charge in [-0.2, -0.15) is 0 Å². The first kappa shape index (κ1) is 19.5. The highest BCUT2D eigenvalue weighted by Crippen LogP contribution is 2.53. The Bertz CT molecular complexity index is 817. The van der Waals surface area contributed by atoms with Gasteiger partial charge in [-0.25, -0.2) is 0 Å². The zero-order chi connectivity index (χ0) is 19.9. The van der Waals surface area contributed by atoms with Crippen molar-refractivity contribution in [3.05, 3.63) is 28.3 Å². The highest BCUT2D eigenvalue weighted by atomic mass is 16.5. The van der Waals surface area contributed by atoms with Crippen molar-refractivity contribution in [3.8, 4) is 17.2 Å². The van der Waals surface area contributed by atoms with Crippen LogP contribution in [-0.2, 0) is 11.2 Å². The first-order valence-electron chi connectivity index (χ1n) is 9.72. The number of rotatable bonds is 4. The van der Waals surface area contributed by atoms with Crippen molar-refractivity contribution in [3.63, 3.8) is 0 Å². The molecule has 0 unspecified atom stereocenters. The number of hydrogen-bond acceptors (Lipinski definition) is 5. The Morgan fingerprint density at radius 3 is 2.56 bits per heavy atom. The Balaban J connectivity index is 2.31. The van der Waals surface area contributed by atoms with Crippen molar-refractivity contribution < 1.29 is 24.2 Å². The second kappa shape index (κ2) is 7.37. The van der Waals surface area contributed by atoms with E-state index in [0.717, 1.165) is 24.0 Å². The van der Waals surface area contributed by atoms with Gasteiger partial charge in [0.15, 0.2) is 5.78 Å². The Morgan fingerprint density at radius 2 is 1.93 bits per heavy atom. The summed E-state index contributed by atoms with van der Waals surface area (Å²) in [5.74, 6) is -0.155. The molecule has 2 heterocycles. The molecule has 1 N–H and O–H groups in total. The maximum absolute atomic E-state index is 13.0. The van der Waals surface area contributed by atoms with Crippen molar-refractivity contribution in [2.75, 3.05) is 0 Å². The van der Waals surface area contributed by atoms with Crippen LogP contribution in [0.1, 0.15) is 81.3 Å². The zero-order valence-corrected chi connectivity index (χ0v) is 16.7. The van der Waals surface area contributed by atoms with Gasteiger partial charge in [-0.3, -0.25) is 9.59 Å². The number of allylic oxidation sites excluding steroid dienone is 2. The highest BCUT2D eigenvalue weighted by Gasteiger charge is 2.42. The van der Waals surface area contributed by atoms with Gasteiger partial charge in [-0.05, 0) is 33.6 Å². The molecule has 1 aromatic carbocycles. The van der Waals surface area contributed by atoms with Crippen molar-refractivity contribution in [1.29, 1.82) is 0 Å². The normalized spacial score (nSPS) is 23.8. The predicted molar refractivity (Wildman–Crippen MR) is 103 cm³/mol. The number of hydrogen-bond donors (Lipinski definition) is 1. The predicted octanol–water partition coefficient (Wildman–Crippen LogP) is 4.69. The van der Waals surface area contributed by atoms with Crippen molar-refractivity contribution in [2.24, 2.45) is 5.92 Å². The van der Waals surface area contributed by atoms with Gasteiger partial charge in [-0.15, -0.1) is 0 Å². The van der Waals surface area contributed by atoms with Crippen LogP contribution in [0.15, 0.2) is 11.6 Å². The number of benzene rings is 1. The Kier molecular flexibility index (Phi) is 5.31. The van der Waals surface area contributed by atoms with Gasteiger partial charge in [0, 0.05) is 17.0 Å². The van der Waals surface area contributed by atoms with Crippen molar-refractivity contribution in [1.82, 2.24) is 0 Å². The van der Waals surface area contributed by atoms with Crippen LogP contribution in [0.5, 0.6) is 17.2 Å². The van der Waals surface area contributed by atoms with Gasteiger partial charge >= 0.3 is 5.97 Å². The second-order valence-corrected chi connectivity index (χ2v) is 7.90. The lowest BCUT2D eigenvalue weighted by molar-refractivity contribution is -0.136. The number of esters is 1. The fraction of sp³-hybridized carbons (Fsp3) is 0.545. The number of carbonyl (C=O) groups is 2. The summed E-state index contributed by atoms with van der Waals surface area (Å²) in [6, 6.07) is 0. The minimum absolute atomic E-state index is 0.0699. The van der Waals surface area contributed by atoms with E-state index in [1.54, 1.807) is 0 Å². The number of phenols is 1. The minimum Gasteiger partial charge on any atom is -0.507 e. The molecule has 0 spiro atoms. The largest absolute Gasteiger partial charge is 0.507 e. The van der Waals surface area contributed by atoms with Gasteiger partial charge in [-0.1, -0.05) is 31.9 Å². The summed E-state index contributed by atoms with van der Waals surface area (Å²) < 4.78 is 11.7. The summed E-state index contributed by atoms with van der Waals surface area (Å²) in [5.41, 5.74) is 2.60. The Labute approximate surface area is 160 Å². The fourth-order valence-electron chi connectivity index (χ4n) is 3.88. The number of carbonyl (C=O) groups excluding carboxylic acids is 2. The minimum atomic E-state index is -0.339. The van der Waals surface area contributed by atoms with E-state index in [1.807, 2.05) is 33.8 Å². The van der Waals surface area contributed by atoms with E-state index < -0.39 is 0 Å². The molecule has 0 saturated carbocycles. The van der Waals surface area contributed by atoms with Crippen LogP contribution in [-0.4, -0.2) is 23.0 Å². The highest BCUT2D eigenvalue weighted by molar-refractivity contribution is 6.05. The zero-order valence-electron chi connectivity index (χ0n) is 16.7. The molecule has 0 aromatic heterocycles. The van der Waals surface area contributed by atoms with E-state index in [-0.39, 0.29) is 47.4 Å². The Hall–Kier alpha value is -2.30. The molecule has 2 aliphatic rings. The summed E-state index contributed by atoms with van der Waals surface area (Å²) in [6.45, 7) is 9.66. The molecular weight excluding hydrogens is 344 g/mol. The van der Waals surface area contributed by atoms with Crippen LogP contribution in [0.4, 0.5) is 0 Å². The number of aromatic hydroxyl groups is 1. The maximum atomic E-state index is 13.0. The molecule has 0 bridgehead atoms. The van der Waals surface area contributed by atoms with Crippen molar-refractivity contribution >= 4 is 11.8 Å². The van der Waals surface area contributed by atoms with Crippen LogP contribution in [0.2, 0.25) is 0 Å². The van der Waals surface area contributed by atoms with E-state index in [2.05, 4.69) is 6.92 Å². The average Bonchev–Trinajstić information content (AvgIpc) is 2.58. The summed E-state index contributed by atoms with van der Waals surface area (Å²) >= 11 is 0. The van der Waals surface area contributed by atoms with Crippen LogP contribution < -0.4 is 9.47 Å². The number of fused-ring (bicyclic) bond motifs is 3. The molecule has 5 nitrogen and oxygen atoms in total. The monoisotopic (exact) mass is 372 g/mol.